The molecule has 302 valence electrons. The SMILES string of the molecule is O=C(O)c1c(F)ccc2c1OB(O)[C@@H](NC(=O)[C@H](NC(=O)N1CCN(C3CCN(C(=O)Nc4cc(F)c(O)c(O)c4Cl)CC3)C1=O)c1ccc(P(=O)(O)O)cc1)C2. The summed E-state index contributed by atoms with van der Waals surface area (Å²) in [7, 11) is -6.58. The number of nitrogens with zero attached hydrogens (tertiary/aromatic N) is 3. The second-order valence-electron chi connectivity index (χ2n) is 13.3. The fourth-order valence-corrected chi connectivity index (χ4v) is 7.47. The van der Waals surface area contributed by atoms with E-state index in [-0.39, 0.29) is 62.3 Å². The van der Waals surface area contributed by atoms with Gasteiger partial charge in [0.25, 0.3) is 0 Å². The van der Waals surface area contributed by atoms with Crippen LogP contribution < -0.4 is 25.9 Å². The summed E-state index contributed by atoms with van der Waals surface area (Å²) < 4.78 is 45.2. The number of hydrogen-bond donors (Lipinski definition) is 9. The number of anilines is 1. The number of urea groups is 3. The van der Waals surface area contributed by atoms with Crippen LogP contribution >= 0.6 is 19.2 Å². The van der Waals surface area contributed by atoms with Crippen LogP contribution in [0.2, 0.25) is 5.02 Å². The number of phenols is 2. The van der Waals surface area contributed by atoms with Gasteiger partial charge in [-0.15, -0.1) is 0 Å². The molecule has 3 aliphatic heterocycles. The Morgan fingerprint density at radius 3 is 2.25 bits per heavy atom. The molecule has 0 aliphatic carbocycles. The van der Waals surface area contributed by atoms with Gasteiger partial charge < -0.3 is 60.5 Å². The van der Waals surface area contributed by atoms with Gasteiger partial charge in [-0.2, -0.15) is 0 Å². The van der Waals surface area contributed by atoms with Gasteiger partial charge >= 0.3 is 38.8 Å². The Bertz CT molecular complexity index is 2190. The zero-order chi connectivity index (χ0) is 41.5. The van der Waals surface area contributed by atoms with E-state index < -0.39 is 107 Å². The second-order valence-corrected chi connectivity index (χ2v) is 15.2. The van der Waals surface area contributed by atoms with E-state index in [1.165, 1.54) is 28.0 Å². The first kappa shape index (κ1) is 41.0. The van der Waals surface area contributed by atoms with E-state index in [2.05, 4.69) is 16.0 Å². The van der Waals surface area contributed by atoms with Crippen LogP contribution in [0.4, 0.5) is 28.9 Å². The van der Waals surface area contributed by atoms with Gasteiger partial charge in [0.2, 0.25) is 5.91 Å². The first-order valence-electron chi connectivity index (χ1n) is 17.1. The largest absolute Gasteiger partial charge is 0.547 e. The first-order chi connectivity index (χ1) is 26.8. The summed E-state index contributed by atoms with van der Waals surface area (Å²) in [4.78, 5) is 88.2. The van der Waals surface area contributed by atoms with Gasteiger partial charge in [-0.1, -0.05) is 29.8 Å². The molecule has 7 amide bonds. The Morgan fingerprint density at radius 2 is 1.61 bits per heavy atom. The summed E-state index contributed by atoms with van der Waals surface area (Å²) in [5.74, 6) is -8.65. The highest BCUT2D eigenvalue weighted by atomic mass is 35.5. The van der Waals surface area contributed by atoms with Crippen molar-refractivity contribution in [2.45, 2.75) is 37.3 Å². The number of rotatable bonds is 8. The second kappa shape index (κ2) is 16.1. The van der Waals surface area contributed by atoms with E-state index in [4.69, 9.17) is 16.3 Å². The average molecular weight is 837 g/mol. The van der Waals surface area contributed by atoms with Crippen LogP contribution in [0.5, 0.6) is 17.2 Å². The molecule has 3 aromatic carbocycles. The highest BCUT2D eigenvalue weighted by Gasteiger charge is 2.43. The number of aromatic hydroxyl groups is 2. The maximum absolute atomic E-state index is 14.2. The molecular formula is C33H33BClF2N6O13P. The number of carboxylic acid groups (broad SMARTS) is 1. The number of benzene rings is 3. The Balaban J connectivity index is 1.12. The lowest BCUT2D eigenvalue weighted by Gasteiger charge is -2.36. The third-order valence-corrected chi connectivity index (χ3v) is 11.1. The molecular weight excluding hydrogens is 804 g/mol. The monoisotopic (exact) mass is 836 g/mol. The van der Waals surface area contributed by atoms with E-state index in [1.54, 1.807) is 0 Å². The molecule has 57 heavy (non-hydrogen) atoms. The van der Waals surface area contributed by atoms with Crippen molar-refractivity contribution < 1.29 is 72.1 Å². The molecule has 0 radical (unpaired) electrons. The lowest BCUT2D eigenvalue weighted by molar-refractivity contribution is -0.123. The number of carbonyl (C=O) groups is 5. The first-order valence-corrected chi connectivity index (χ1v) is 19.0. The number of fused-ring (bicyclic) bond motifs is 1. The van der Waals surface area contributed by atoms with Crippen molar-refractivity contribution in [2.75, 3.05) is 31.5 Å². The molecule has 3 heterocycles. The molecule has 9 N–H and O–H groups in total. The molecule has 2 atom stereocenters. The smallest absolute Gasteiger partial charge is 0.534 e. The van der Waals surface area contributed by atoms with Crippen molar-refractivity contribution in [1.82, 2.24) is 25.3 Å². The maximum Gasteiger partial charge on any atom is 0.547 e. The summed E-state index contributed by atoms with van der Waals surface area (Å²) in [6, 6.07) is 2.77. The predicted molar refractivity (Wildman–Crippen MR) is 194 cm³/mol. The normalized spacial score (nSPS) is 17.8. The summed E-state index contributed by atoms with van der Waals surface area (Å²) in [6.07, 6.45) is 0.307. The van der Waals surface area contributed by atoms with Crippen molar-refractivity contribution in [3.63, 3.8) is 0 Å². The lowest BCUT2D eigenvalue weighted by Crippen LogP contribution is -2.56. The minimum atomic E-state index is -4.71. The average Bonchev–Trinajstić information content (AvgIpc) is 3.55. The fourth-order valence-electron chi connectivity index (χ4n) is 6.74. The number of imide groups is 1. The summed E-state index contributed by atoms with van der Waals surface area (Å²) in [6.45, 7) is 0.219. The van der Waals surface area contributed by atoms with E-state index >= 15 is 0 Å². The molecule has 19 nitrogen and oxygen atoms in total. The van der Waals surface area contributed by atoms with Crippen LogP contribution in [0.25, 0.3) is 0 Å². The number of amides is 7. The number of phenolic OH excluding ortho intramolecular Hbond substituents is 2. The van der Waals surface area contributed by atoms with E-state index in [0.29, 0.717) is 0 Å². The van der Waals surface area contributed by atoms with Gasteiger partial charge in [0.15, 0.2) is 17.3 Å². The van der Waals surface area contributed by atoms with Gasteiger partial charge in [-0.25, -0.2) is 32.9 Å². The number of aromatic carboxylic acids is 1. The van der Waals surface area contributed by atoms with Crippen molar-refractivity contribution in [1.29, 1.82) is 0 Å². The Kier molecular flexibility index (Phi) is 11.5. The standard InChI is InChI=1S/C33H33BClF2N6O13P/c35-24-21(14-20(37)26(44)27(24)45)38-31(49)41-9-7-17(8-10-41)42-11-12-43(33(42)51)32(50)40-25(15-1-4-18(5-2-15)57(53,54)55)29(46)39-22-13-16-3-6-19(36)23(30(47)48)28(16)56-34(22)52/h1-6,14,17,22,25,44-45,52H,7-13H2,(H,38,49)(H,39,46)(H,40,50)(H,47,48)(H2,53,54,55)/t22-,25+/m0/s1. The summed E-state index contributed by atoms with van der Waals surface area (Å²) >= 11 is 5.92. The summed E-state index contributed by atoms with van der Waals surface area (Å²) in [5, 5.41) is 45.9. The van der Waals surface area contributed by atoms with Crippen LogP contribution in [0.1, 0.15) is 40.4 Å². The number of piperidine rings is 1. The quantitative estimate of drug-likeness (QED) is 0.0679. The van der Waals surface area contributed by atoms with Gasteiger partial charge in [0.05, 0.1) is 16.9 Å². The number of carboxylic acids is 1. The number of halogens is 3. The zero-order valence-corrected chi connectivity index (χ0v) is 30.9. The van der Waals surface area contributed by atoms with Crippen LogP contribution in [-0.2, 0) is 15.8 Å². The highest BCUT2D eigenvalue weighted by molar-refractivity contribution is 7.60. The van der Waals surface area contributed by atoms with Gasteiger partial charge in [0.1, 0.15) is 28.2 Å². The molecule has 0 spiro atoms. The fraction of sp³-hybridized carbons (Fsp3) is 0.303. The van der Waals surface area contributed by atoms with Crippen LogP contribution in [0.3, 0.4) is 0 Å². The van der Waals surface area contributed by atoms with E-state index in [0.717, 1.165) is 29.2 Å². The van der Waals surface area contributed by atoms with Crippen LogP contribution in [0, 0.1) is 11.6 Å². The molecule has 6 rings (SSSR count). The van der Waals surface area contributed by atoms with Crippen molar-refractivity contribution in [2.24, 2.45) is 0 Å². The zero-order valence-electron chi connectivity index (χ0n) is 29.3. The van der Waals surface area contributed by atoms with E-state index in [9.17, 15) is 67.4 Å². The van der Waals surface area contributed by atoms with Crippen molar-refractivity contribution >= 4 is 67.3 Å². The Morgan fingerprint density at radius 1 is 0.947 bits per heavy atom. The number of hydrogen-bond acceptors (Lipinski definition) is 10. The van der Waals surface area contributed by atoms with E-state index in [1.807, 2.05) is 0 Å². The Labute approximate surface area is 326 Å². The molecule has 0 bridgehead atoms. The number of likely N-dealkylation sites (tertiary alicyclic amines) is 1. The minimum Gasteiger partial charge on any atom is -0.534 e. The molecule has 24 heteroatoms. The van der Waals surface area contributed by atoms with Crippen LogP contribution in [0.15, 0.2) is 42.5 Å². The lowest BCUT2D eigenvalue weighted by atomic mass is 9.72. The molecule has 3 aliphatic rings. The number of nitrogens with one attached hydrogen (secondary N) is 3. The van der Waals surface area contributed by atoms with Crippen molar-refractivity contribution in [3.05, 3.63) is 75.8 Å². The third kappa shape index (κ3) is 8.40. The summed E-state index contributed by atoms with van der Waals surface area (Å²) in [5.41, 5.74) is -0.942. The molecule has 2 saturated heterocycles. The van der Waals surface area contributed by atoms with Gasteiger partial charge in [-0.3, -0.25) is 9.36 Å². The molecule has 0 aromatic heterocycles. The highest BCUT2D eigenvalue weighted by Crippen LogP contribution is 2.41. The topological polar surface area (TPSA) is 279 Å². The predicted octanol–water partition coefficient (Wildman–Crippen LogP) is 1.86. The molecule has 0 saturated carbocycles. The van der Waals surface area contributed by atoms with Crippen molar-refractivity contribution in [3.8, 4) is 17.2 Å². The third-order valence-electron chi connectivity index (χ3n) is 9.73. The molecule has 2 fully saturated rings. The molecule has 0 unspecified atom stereocenters. The Hall–Kier alpha value is -5.67. The maximum atomic E-state index is 14.2. The van der Waals surface area contributed by atoms with Crippen LogP contribution in [-0.4, -0.2) is 120 Å². The van der Waals surface area contributed by atoms with Gasteiger partial charge in [-0.05, 0) is 48.6 Å². The van der Waals surface area contributed by atoms with Gasteiger partial charge in [0, 0.05) is 38.3 Å². The number of carbonyl (C=O) groups excluding carboxylic acids is 4. The molecule has 3 aromatic rings. The minimum absolute atomic E-state index is 0.0144.